The zero-order valence-corrected chi connectivity index (χ0v) is 7.98. The lowest BCUT2D eigenvalue weighted by Gasteiger charge is -2.18. The second-order valence-corrected chi connectivity index (χ2v) is 3.88. The normalized spacial score (nSPS) is 22.6. The summed E-state index contributed by atoms with van der Waals surface area (Å²) in [6, 6.07) is 8.58. The maximum atomic E-state index is 2.38. The Bertz CT molecular complexity index is 529. The van der Waals surface area contributed by atoms with Crippen LogP contribution in [0.2, 0.25) is 0 Å². The van der Waals surface area contributed by atoms with E-state index in [1.165, 1.54) is 16.0 Å². The highest BCUT2D eigenvalue weighted by atomic mass is 14.2. The van der Waals surface area contributed by atoms with E-state index in [0.717, 1.165) is 6.42 Å². The van der Waals surface area contributed by atoms with E-state index >= 15 is 0 Å². The molecule has 1 aromatic rings. The fourth-order valence-corrected chi connectivity index (χ4v) is 2.17. The van der Waals surface area contributed by atoms with Gasteiger partial charge in [0.2, 0.25) is 0 Å². The topological polar surface area (TPSA) is 0 Å². The van der Waals surface area contributed by atoms with Crippen LogP contribution in [0.25, 0.3) is 12.2 Å². The van der Waals surface area contributed by atoms with Crippen molar-refractivity contribution >= 4 is 12.2 Å². The third-order valence-corrected chi connectivity index (χ3v) is 2.94. The van der Waals surface area contributed by atoms with Gasteiger partial charge in [-0.25, -0.2) is 0 Å². The van der Waals surface area contributed by atoms with Gasteiger partial charge in [0, 0.05) is 5.92 Å². The van der Waals surface area contributed by atoms with Gasteiger partial charge < -0.3 is 0 Å². The average Bonchev–Trinajstić information content (AvgIpc) is 2.26. The third kappa shape index (κ3) is 1.15. The first-order valence-corrected chi connectivity index (χ1v) is 5.09. The number of benzene rings is 1. The SMILES string of the molecule is C1=CCC2C=c3ccccc3=CC2=C1. The largest absolute Gasteiger partial charge is 0.0836 e. The van der Waals surface area contributed by atoms with Gasteiger partial charge in [0.1, 0.15) is 0 Å². The van der Waals surface area contributed by atoms with Crippen LogP contribution in [0.3, 0.4) is 0 Å². The van der Waals surface area contributed by atoms with Crippen molar-refractivity contribution in [1.82, 2.24) is 0 Å². The molecule has 1 atom stereocenters. The summed E-state index contributed by atoms with van der Waals surface area (Å²) in [6.07, 6.45) is 12.5. The molecule has 0 aliphatic heterocycles. The second kappa shape index (κ2) is 2.98. The monoisotopic (exact) mass is 180 g/mol. The molecule has 0 heterocycles. The molecule has 2 aliphatic rings. The van der Waals surface area contributed by atoms with Crippen LogP contribution in [0.5, 0.6) is 0 Å². The maximum absolute atomic E-state index is 2.38. The Balaban J connectivity index is 2.29. The number of fused-ring (bicyclic) bond motifs is 2. The van der Waals surface area contributed by atoms with Gasteiger partial charge in [0.25, 0.3) is 0 Å². The molecule has 0 saturated carbocycles. The minimum absolute atomic E-state index is 0.606. The van der Waals surface area contributed by atoms with E-state index in [2.05, 4.69) is 54.6 Å². The molecule has 14 heavy (non-hydrogen) atoms. The highest BCUT2D eigenvalue weighted by Gasteiger charge is 2.12. The Labute approximate surface area is 83.6 Å². The lowest BCUT2D eigenvalue weighted by molar-refractivity contribution is 0.830. The van der Waals surface area contributed by atoms with E-state index in [9.17, 15) is 0 Å². The van der Waals surface area contributed by atoms with Crippen LogP contribution in [0.1, 0.15) is 6.42 Å². The summed E-state index contributed by atoms with van der Waals surface area (Å²) in [6.45, 7) is 0. The van der Waals surface area contributed by atoms with E-state index < -0.39 is 0 Å². The number of hydrogen-bond donors (Lipinski definition) is 0. The Hall–Kier alpha value is -1.56. The highest BCUT2D eigenvalue weighted by Crippen LogP contribution is 2.23. The minimum atomic E-state index is 0.606. The average molecular weight is 180 g/mol. The fourth-order valence-electron chi connectivity index (χ4n) is 2.17. The van der Waals surface area contributed by atoms with E-state index in [1.807, 2.05) is 0 Å². The van der Waals surface area contributed by atoms with Gasteiger partial charge in [-0.3, -0.25) is 0 Å². The lowest BCUT2D eigenvalue weighted by atomic mass is 9.87. The maximum Gasteiger partial charge on any atom is 0.00620 e. The van der Waals surface area contributed by atoms with Crippen LogP contribution in [0, 0.1) is 5.92 Å². The zero-order chi connectivity index (χ0) is 9.38. The number of hydrogen-bond acceptors (Lipinski definition) is 0. The van der Waals surface area contributed by atoms with E-state index in [-0.39, 0.29) is 0 Å². The van der Waals surface area contributed by atoms with Gasteiger partial charge in [0.05, 0.1) is 0 Å². The van der Waals surface area contributed by atoms with Gasteiger partial charge >= 0.3 is 0 Å². The predicted octanol–water partition coefficient (Wildman–Crippen LogP) is 1.76. The molecule has 1 aromatic carbocycles. The standard InChI is InChI=1S/C14H12/c1-2-6-12-10-14-8-4-3-7-13(14)9-11(12)5-1/h1-7,9-10,14H,8H2. The third-order valence-electron chi connectivity index (χ3n) is 2.94. The van der Waals surface area contributed by atoms with E-state index in [1.54, 1.807) is 0 Å². The lowest BCUT2D eigenvalue weighted by Crippen LogP contribution is -2.29. The number of allylic oxidation sites excluding steroid dienone is 4. The molecular formula is C14H12. The van der Waals surface area contributed by atoms with Crippen molar-refractivity contribution in [3.63, 3.8) is 0 Å². The molecule has 2 aliphatic carbocycles. The summed E-state index contributed by atoms with van der Waals surface area (Å²) in [7, 11) is 0. The molecule has 0 radical (unpaired) electrons. The molecule has 1 unspecified atom stereocenters. The van der Waals surface area contributed by atoms with E-state index in [0.29, 0.717) is 5.92 Å². The zero-order valence-electron chi connectivity index (χ0n) is 7.98. The Morgan fingerprint density at radius 2 is 1.93 bits per heavy atom. The van der Waals surface area contributed by atoms with Crippen LogP contribution in [-0.4, -0.2) is 0 Å². The van der Waals surface area contributed by atoms with Crippen LogP contribution in [0.4, 0.5) is 0 Å². The van der Waals surface area contributed by atoms with Crippen LogP contribution in [-0.2, 0) is 0 Å². The Morgan fingerprint density at radius 3 is 2.86 bits per heavy atom. The Kier molecular flexibility index (Phi) is 1.66. The summed E-state index contributed by atoms with van der Waals surface area (Å²) in [4.78, 5) is 0. The molecule has 0 saturated heterocycles. The molecule has 0 heteroatoms. The van der Waals surface area contributed by atoms with Crippen LogP contribution >= 0.6 is 0 Å². The van der Waals surface area contributed by atoms with E-state index in [4.69, 9.17) is 0 Å². The predicted molar refractivity (Wildman–Crippen MR) is 60.0 cm³/mol. The van der Waals surface area contributed by atoms with Crippen molar-refractivity contribution in [1.29, 1.82) is 0 Å². The van der Waals surface area contributed by atoms with Gasteiger partial charge in [-0.1, -0.05) is 54.6 Å². The molecule has 0 spiro atoms. The molecule has 0 aromatic heterocycles. The van der Waals surface area contributed by atoms with Crippen molar-refractivity contribution in [3.8, 4) is 0 Å². The molecule has 0 N–H and O–H groups in total. The first kappa shape index (κ1) is 7.81. The van der Waals surface area contributed by atoms with Crippen molar-refractivity contribution < 1.29 is 0 Å². The summed E-state index contributed by atoms with van der Waals surface area (Å²) in [5.41, 5.74) is 1.45. The molecule has 3 rings (SSSR count). The number of rotatable bonds is 0. The van der Waals surface area contributed by atoms with Gasteiger partial charge in [0.15, 0.2) is 0 Å². The van der Waals surface area contributed by atoms with Crippen molar-refractivity contribution in [2.75, 3.05) is 0 Å². The van der Waals surface area contributed by atoms with Crippen LogP contribution in [0.15, 0.2) is 48.1 Å². The second-order valence-electron chi connectivity index (χ2n) is 3.88. The van der Waals surface area contributed by atoms with Crippen molar-refractivity contribution in [3.05, 3.63) is 58.5 Å². The molecule has 0 nitrogen and oxygen atoms in total. The molecule has 0 bridgehead atoms. The molecule has 68 valence electrons. The van der Waals surface area contributed by atoms with Crippen LogP contribution < -0.4 is 10.4 Å². The Morgan fingerprint density at radius 1 is 1.07 bits per heavy atom. The molecule has 0 fully saturated rings. The minimum Gasteiger partial charge on any atom is -0.0836 e. The van der Waals surface area contributed by atoms with Crippen molar-refractivity contribution in [2.24, 2.45) is 5.92 Å². The fraction of sp³-hybridized carbons (Fsp3) is 0.143. The highest BCUT2D eigenvalue weighted by molar-refractivity contribution is 5.60. The molecule has 0 amide bonds. The molecular weight excluding hydrogens is 168 g/mol. The van der Waals surface area contributed by atoms with Gasteiger partial charge in [-0.15, -0.1) is 0 Å². The first-order valence-electron chi connectivity index (χ1n) is 5.09. The van der Waals surface area contributed by atoms with Crippen molar-refractivity contribution in [2.45, 2.75) is 6.42 Å². The quantitative estimate of drug-likeness (QED) is 0.570. The summed E-state index contributed by atoms with van der Waals surface area (Å²) in [5, 5.41) is 2.73. The summed E-state index contributed by atoms with van der Waals surface area (Å²) in [5.74, 6) is 0.606. The summed E-state index contributed by atoms with van der Waals surface area (Å²) < 4.78 is 0. The van der Waals surface area contributed by atoms with Gasteiger partial charge in [-0.2, -0.15) is 0 Å². The smallest absolute Gasteiger partial charge is 0.00620 e. The summed E-state index contributed by atoms with van der Waals surface area (Å²) >= 11 is 0. The first-order chi connectivity index (χ1) is 6.93. The van der Waals surface area contributed by atoms with Gasteiger partial charge in [-0.05, 0) is 22.4 Å².